The largest absolute Gasteiger partial charge is 0.241 e. The summed E-state index contributed by atoms with van der Waals surface area (Å²) < 4.78 is 0. The Morgan fingerprint density at radius 2 is 2.06 bits per heavy atom. The van der Waals surface area contributed by atoms with Crippen LogP contribution in [0.1, 0.15) is 10.6 Å². The SMILES string of the molecule is Cc1nc(-c2ccccc2)sc1CCOOON. The first-order valence-corrected chi connectivity index (χ1v) is 6.29. The van der Waals surface area contributed by atoms with Gasteiger partial charge in [-0.15, -0.1) is 16.3 Å². The van der Waals surface area contributed by atoms with Crippen LogP contribution in [0.2, 0.25) is 0 Å². The Labute approximate surface area is 109 Å². The molecule has 0 radical (unpaired) electrons. The third-order valence-corrected chi connectivity index (χ3v) is 3.68. The second-order valence-corrected chi connectivity index (χ2v) is 4.71. The number of thiazole rings is 1. The van der Waals surface area contributed by atoms with Crippen LogP contribution in [-0.2, 0) is 21.3 Å². The third-order valence-electron chi connectivity index (χ3n) is 2.41. The van der Waals surface area contributed by atoms with Crippen LogP contribution in [0.3, 0.4) is 0 Å². The lowest BCUT2D eigenvalue weighted by Gasteiger charge is -1.98. The number of nitrogens with two attached hydrogens (primary N) is 1. The number of hydrogen-bond donors (Lipinski definition) is 1. The molecule has 0 unspecified atom stereocenters. The van der Waals surface area contributed by atoms with Crippen molar-refractivity contribution in [3.05, 3.63) is 40.9 Å². The standard InChI is InChI=1S/C12H14N2O3S/c1-9-11(7-8-15-17-16-13)18-12(14-9)10-5-3-2-4-6-10/h2-6H,7-8,13H2,1H3. The molecule has 0 fully saturated rings. The van der Waals surface area contributed by atoms with Gasteiger partial charge in [-0.2, -0.15) is 5.90 Å². The monoisotopic (exact) mass is 266 g/mol. The van der Waals surface area contributed by atoms with Crippen molar-refractivity contribution >= 4 is 11.3 Å². The van der Waals surface area contributed by atoms with Crippen molar-refractivity contribution in [3.8, 4) is 10.6 Å². The van der Waals surface area contributed by atoms with Crippen molar-refractivity contribution in [2.24, 2.45) is 5.90 Å². The molecular formula is C12H14N2O3S. The van der Waals surface area contributed by atoms with E-state index < -0.39 is 0 Å². The van der Waals surface area contributed by atoms with Gasteiger partial charge in [-0.1, -0.05) is 30.3 Å². The zero-order valence-corrected chi connectivity index (χ0v) is 10.8. The zero-order valence-electron chi connectivity index (χ0n) is 9.96. The first kappa shape index (κ1) is 13.1. The normalized spacial score (nSPS) is 10.8. The van der Waals surface area contributed by atoms with Gasteiger partial charge in [0.2, 0.25) is 0 Å². The highest BCUT2D eigenvalue weighted by molar-refractivity contribution is 7.15. The van der Waals surface area contributed by atoms with E-state index in [4.69, 9.17) is 0 Å². The van der Waals surface area contributed by atoms with Gasteiger partial charge in [-0.25, -0.2) is 9.87 Å². The smallest absolute Gasteiger partial charge is 0.123 e. The lowest BCUT2D eigenvalue weighted by atomic mass is 10.2. The minimum absolute atomic E-state index is 0.370. The molecule has 2 aromatic rings. The van der Waals surface area contributed by atoms with Crippen LogP contribution in [0.5, 0.6) is 0 Å². The second kappa shape index (κ2) is 6.58. The number of nitrogens with zero attached hydrogens (tertiary/aromatic N) is 1. The molecule has 0 aliphatic heterocycles. The fourth-order valence-electron chi connectivity index (χ4n) is 1.56. The second-order valence-electron chi connectivity index (χ2n) is 3.63. The van der Waals surface area contributed by atoms with Gasteiger partial charge in [0.25, 0.3) is 0 Å². The molecule has 1 aromatic heterocycles. The molecule has 2 N–H and O–H groups in total. The fraction of sp³-hybridized carbons (Fsp3) is 0.250. The molecule has 18 heavy (non-hydrogen) atoms. The highest BCUT2D eigenvalue weighted by Crippen LogP contribution is 2.27. The highest BCUT2D eigenvalue weighted by Gasteiger charge is 2.09. The Balaban J connectivity index is 2.03. The quantitative estimate of drug-likeness (QED) is 0.494. The molecule has 0 aliphatic rings. The molecule has 1 heterocycles. The number of aromatic nitrogens is 1. The molecule has 0 bridgehead atoms. The lowest BCUT2D eigenvalue weighted by Crippen LogP contribution is -2.04. The Kier molecular flexibility index (Phi) is 4.80. The van der Waals surface area contributed by atoms with E-state index in [1.807, 2.05) is 37.3 Å². The van der Waals surface area contributed by atoms with Crippen molar-refractivity contribution in [1.29, 1.82) is 0 Å². The van der Waals surface area contributed by atoms with Gasteiger partial charge in [-0.3, -0.25) is 0 Å². The summed E-state index contributed by atoms with van der Waals surface area (Å²) in [6, 6.07) is 10.1. The first-order valence-electron chi connectivity index (χ1n) is 5.48. The number of aryl methyl sites for hydroxylation is 1. The van der Waals surface area contributed by atoms with Crippen molar-refractivity contribution in [1.82, 2.24) is 4.98 Å². The Morgan fingerprint density at radius 3 is 2.78 bits per heavy atom. The van der Waals surface area contributed by atoms with E-state index >= 15 is 0 Å². The van der Waals surface area contributed by atoms with E-state index in [9.17, 15) is 0 Å². The van der Waals surface area contributed by atoms with Gasteiger partial charge >= 0.3 is 0 Å². The average molecular weight is 266 g/mol. The minimum atomic E-state index is 0.370. The van der Waals surface area contributed by atoms with E-state index in [1.54, 1.807) is 11.3 Å². The summed E-state index contributed by atoms with van der Waals surface area (Å²) in [4.78, 5) is 14.2. The lowest BCUT2D eigenvalue weighted by molar-refractivity contribution is -0.516. The van der Waals surface area contributed by atoms with Crippen LogP contribution < -0.4 is 5.90 Å². The summed E-state index contributed by atoms with van der Waals surface area (Å²) in [5, 5.41) is 5.16. The van der Waals surface area contributed by atoms with Gasteiger partial charge < -0.3 is 0 Å². The Morgan fingerprint density at radius 1 is 1.28 bits per heavy atom. The van der Waals surface area contributed by atoms with Crippen molar-refractivity contribution in [2.45, 2.75) is 13.3 Å². The average Bonchev–Trinajstić information content (AvgIpc) is 2.77. The molecule has 6 heteroatoms. The maximum absolute atomic E-state index is 4.69. The molecule has 0 spiro atoms. The Hall–Kier alpha value is -1.31. The molecule has 0 atom stereocenters. The maximum Gasteiger partial charge on any atom is 0.123 e. The Bertz CT molecular complexity index is 487. The summed E-state index contributed by atoms with van der Waals surface area (Å²) in [6.07, 6.45) is 0.708. The number of hydrogen-bond acceptors (Lipinski definition) is 6. The summed E-state index contributed by atoms with van der Waals surface area (Å²) in [5.41, 5.74) is 2.13. The van der Waals surface area contributed by atoms with Crippen molar-refractivity contribution < 1.29 is 14.9 Å². The van der Waals surface area contributed by atoms with Gasteiger partial charge in [0.1, 0.15) is 5.01 Å². The van der Waals surface area contributed by atoms with Crippen LogP contribution in [0.25, 0.3) is 10.6 Å². The molecular weight excluding hydrogens is 252 g/mol. The van der Waals surface area contributed by atoms with E-state index in [1.165, 1.54) is 0 Å². The molecule has 0 saturated carbocycles. The van der Waals surface area contributed by atoms with Crippen molar-refractivity contribution in [3.63, 3.8) is 0 Å². The minimum Gasteiger partial charge on any atom is -0.241 e. The predicted octanol–water partition coefficient (Wildman–Crippen LogP) is 2.41. The van der Waals surface area contributed by atoms with Gasteiger partial charge in [0.15, 0.2) is 0 Å². The summed E-state index contributed by atoms with van der Waals surface area (Å²) >= 11 is 1.65. The molecule has 0 amide bonds. The molecule has 1 aromatic carbocycles. The molecule has 0 saturated heterocycles. The predicted molar refractivity (Wildman–Crippen MR) is 68.3 cm³/mol. The zero-order chi connectivity index (χ0) is 12.8. The number of rotatable bonds is 6. The van der Waals surface area contributed by atoms with Crippen LogP contribution in [0.15, 0.2) is 30.3 Å². The third kappa shape index (κ3) is 3.34. The van der Waals surface area contributed by atoms with E-state index in [0.717, 1.165) is 21.1 Å². The van der Waals surface area contributed by atoms with Gasteiger partial charge in [0.05, 0.1) is 12.3 Å². The van der Waals surface area contributed by atoms with Gasteiger partial charge in [0, 0.05) is 16.9 Å². The fourth-order valence-corrected chi connectivity index (χ4v) is 2.61. The molecule has 5 nitrogen and oxygen atoms in total. The van der Waals surface area contributed by atoms with E-state index in [2.05, 4.69) is 25.8 Å². The van der Waals surface area contributed by atoms with Crippen LogP contribution in [0, 0.1) is 6.92 Å². The summed E-state index contributed by atoms with van der Waals surface area (Å²) in [7, 11) is 0. The molecule has 2 rings (SSSR count). The summed E-state index contributed by atoms with van der Waals surface area (Å²) in [6.45, 7) is 2.35. The van der Waals surface area contributed by atoms with Crippen LogP contribution >= 0.6 is 11.3 Å². The van der Waals surface area contributed by atoms with E-state index in [-0.39, 0.29) is 0 Å². The van der Waals surface area contributed by atoms with Crippen molar-refractivity contribution in [2.75, 3.05) is 6.61 Å². The van der Waals surface area contributed by atoms with Gasteiger partial charge in [-0.05, 0) is 12.0 Å². The summed E-state index contributed by atoms with van der Waals surface area (Å²) in [5.74, 6) is 4.66. The van der Waals surface area contributed by atoms with Crippen LogP contribution in [-0.4, -0.2) is 11.6 Å². The topological polar surface area (TPSA) is 66.6 Å². The number of benzene rings is 1. The highest BCUT2D eigenvalue weighted by atomic mass is 32.1. The van der Waals surface area contributed by atoms with E-state index in [0.29, 0.717) is 13.0 Å². The maximum atomic E-state index is 4.69. The van der Waals surface area contributed by atoms with Crippen LogP contribution in [0.4, 0.5) is 0 Å². The molecule has 0 aliphatic carbocycles. The first-order chi connectivity index (χ1) is 8.81. The molecule has 96 valence electrons.